The van der Waals surface area contributed by atoms with Crippen molar-refractivity contribution in [2.24, 2.45) is 0 Å². The Morgan fingerprint density at radius 2 is 2.21 bits per heavy atom. The van der Waals surface area contributed by atoms with Crippen LogP contribution in [-0.4, -0.2) is 68.2 Å². The van der Waals surface area contributed by atoms with Crippen LogP contribution in [-0.2, 0) is 4.74 Å². The third kappa shape index (κ3) is 5.40. The quantitative estimate of drug-likeness (QED) is 0.480. The number of pyridine rings is 1. The number of hydrogen-bond acceptors (Lipinski definition) is 7. The first-order valence-corrected chi connectivity index (χ1v) is 11.1. The van der Waals surface area contributed by atoms with Gasteiger partial charge >= 0.3 is 0 Å². The number of alkyl halides is 1. The molecule has 1 saturated heterocycles. The molecule has 11 heteroatoms. The van der Waals surface area contributed by atoms with Crippen molar-refractivity contribution in [3.63, 3.8) is 0 Å². The highest BCUT2D eigenvalue weighted by Gasteiger charge is 2.27. The summed E-state index contributed by atoms with van der Waals surface area (Å²) < 4.78 is 21.3. The Kier molecular flexibility index (Phi) is 6.78. The molecule has 1 aliphatic rings. The van der Waals surface area contributed by atoms with Crippen molar-refractivity contribution in [3.05, 3.63) is 41.4 Å². The number of halogens is 2. The Hall–Kier alpha value is -2.82. The Balaban J connectivity index is 1.64. The summed E-state index contributed by atoms with van der Waals surface area (Å²) >= 11 is 6.00. The van der Waals surface area contributed by atoms with Gasteiger partial charge < -0.3 is 20.5 Å². The molecule has 176 valence electrons. The van der Waals surface area contributed by atoms with E-state index in [4.69, 9.17) is 16.3 Å². The number of aliphatic hydroxyl groups is 1. The van der Waals surface area contributed by atoms with Crippen molar-refractivity contribution in [2.45, 2.75) is 44.5 Å². The minimum atomic E-state index is -1.62. The average molecular weight is 477 g/mol. The largest absolute Gasteiger partial charge is 0.387 e. The molecule has 9 nitrogen and oxygen atoms in total. The van der Waals surface area contributed by atoms with Gasteiger partial charge in [0.1, 0.15) is 6.17 Å². The monoisotopic (exact) mass is 476 g/mol. The van der Waals surface area contributed by atoms with Crippen LogP contribution in [0.15, 0.2) is 30.9 Å². The number of nitrogens with one attached hydrogen (secondary N) is 2. The van der Waals surface area contributed by atoms with Crippen molar-refractivity contribution in [1.29, 1.82) is 0 Å². The van der Waals surface area contributed by atoms with Crippen LogP contribution >= 0.6 is 11.6 Å². The number of amides is 1. The van der Waals surface area contributed by atoms with Crippen molar-refractivity contribution in [2.75, 3.05) is 25.1 Å². The van der Waals surface area contributed by atoms with Crippen molar-refractivity contribution < 1.29 is 19.0 Å². The van der Waals surface area contributed by atoms with E-state index in [0.29, 0.717) is 40.8 Å². The first-order valence-electron chi connectivity index (χ1n) is 10.7. The second-order valence-electron chi connectivity index (χ2n) is 8.60. The predicted molar refractivity (Wildman–Crippen MR) is 122 cm³/mol. The molecule has 0 saturated carbocycles. The van der Waals surface area contributed by atoms with Crippen LogP contribution in [0.1, 0.15) is 37.0 Å². The average Bonchev–Trinajstić information content (AvgIpc) is 3.20. The van der Waals surface area contributed by atoms with E-state index in [9.17, 15) is 14.3 Å². The molecule has 3 N–H and O–H groups in total. The van der Waals surface area contributed by atoms with Gasteiger partial charge in [-0.3, -0.25) is 9.78 Å². The first kappa shape index (κ1) is 23.3. The van der Waals surface area contributed by atoms with E-state index < -0.39 is 17.7 Å². The molecule has 2 atom stereocenters. The fraction of sp³-hybridized carbons (Fsp3) is 0.455. The van der Waals surface area contributed by atoms with E-state index in [1.165, 1.54) is 26.2 Å². The zero-order valence-electron chi connectivity index (χ0n) is 18.4. The molecule has 0 aromatic carbocycles. The molecule has 1 amide bonds. The van der Waals surface area contributed by atoms with Crippen LogP contribution in [0, 0.1) is 0 Å². The highest BCUT2D eigenvalue weighted by atomic mass is 35.5. The van der Waals surface area contributed by atoms with Crippen LogP contribution < -0.4 is 10.6 Å². The number of nitrogens with zero attached hydrogens (tertiary/aromatic N) is 4. The maximum absolute atomic E-state index is 14.1. The van der Waals surface area contributed by atoms with Gasteiger partial charge in [-0.25, -0.2) is 13.9 Å². The molecule has 0 unspecified atom stereocenters. The van der Waals surface area contributed by atoms with Gasteiger partial charge in [0.2, 0.25) is 0 Å². The van der Waals surface area contributed by atoms with E-state index >= 15 is 0 Å². The molecule has 4 rings (SSSR count). The van der Waals surface area contributed by atoms with Gasteiger partial charge in [-0.2, -0.15) is 5.10 Å². The summed E-state index contributed by atoms with van der Waals surface area (Å²) in [6.45, 7) is 3.61. The van der Waals surface area contributed by atoms with Crippen molar-refractivity contribution in [1.82, 2.24) is 24.9 Å². The standard InChI is InChI=1S/C22H26ClFN6O3/c1-22(2,32)19(24)10-27-21(31)16-8-25-17(6-18(16)29-14-4-3-5-33-12-14)15-9-28-30-11-13(23)7-26-20(15)30/h6-9,11,14,19,32H,3-5,10,12H2,1-2H3,(H,25,29)(H,27,31)/t14-,19+/m0/s1. The lowest BCUT2D eigenvalue weighted by Gasteiger charge is -2.26. The van der Waals surface area contributed by atoms with Crippen molar-refractivity contribution >= 4 is 28.8 Å². The molecule has 0 spiro atoms. The summed E-state index contributed by atoms with van der Waals surface area (Å²) in [5.41, 5.74) is 1.05. The van der Waals surface area contributed by atoms with Gasteiger partial charge in [0.15, 0.2) is 5.65 Å². The molecule has 1 fully saturated rings. The van der Waals surface area contributed by atoms with Crippen LogP contribution in [0.3, 0.4) is 0 Å². The van der Waals surface area contributed by atoms with Crippen LogP contribution in [0.5, 0.6) is 0 Å². The molecular formula is C22H26ClFN6O3. The summed E-state index contributed by atoms with van der Waals surface area (Å²) in [6.07, 6.45) is 6.42. The van der Waals surface area contributed by atoms with Gasteiger partial charge in [-0.05, 0) is 32.8 Å². The smallest absolute Gasteiger partial charge is 0.255 e. The third-order valence-corrected chi connectivity index (χ3v) is 5.67. The van der Waals surface area contributed by atoms with Gasteiger partial charge in [-0.1, -0.05) is 11.6 Å². The molecular weight excluding hydrogens is 451 g/mol. The first-order chi connectivity index (χ1) is 15.7. The Morgan fingerprint density at radius 3 is 2.94 bits per heavy atom. The molecule has 0 bridgehead atoms. The normalized spacial score (nSPS) is 17.7. The number of carbonyl (C=O) groups is 1. The highest BCUT2D eigenvalue weighted by Crippen LogP contribution is 2.28. The summed E-state index contributed by atoms with van der Waals surface area (Å²) in [4.78, 5) is 21.7. The van der Waals surface area contributed by atoms with Crippen LogP contribution in [0.2, 0.25) is 5.02 Å². The molecule has 4 heterocycles. The molecule has 3 aromatic rings. The number of rotatable bonds is 7. The van der Waals surface area contributed by atoms with E-state index in [0.717, 1.165) is 12.8 Å². The topological polar surface area (TPSA) is 114 Å². The van der Waals surface area contributed by atoms with Crippen LogP contribution in [0.4, 0.5) is 10.1 Å². The Morgan fingerprint density at radius 1 is 1.39 bits per heavy atom. The second kappa shape index (κ2) is 9.58. The van der Waals surface area contributed by atoms with E-state index in [2.05, 4.69) is 25.7 Å². The number of carbonyl (C=O) groups excluding carboxylic acids is 1. The lowest BCUT2D eigenvalue weighted by Crippen LogP contribution is -2.42. The van der Waals surface area contributed by atoms with E-state index in [1.54, 1.807) is 23.0 Å². The SMILES string of the molecule is CC(C)(O)[C@H](F)CNC(=O)c1cnc(-c2cnn3cc(Cl)cnc23)cc1N[C@H]1CCCOC1. The highest BCUT2D eigenvalue weighted by molar-refractivity contribution is 6.30. The summed E-state index contributed by atoms with van der Waals surface area (Å²) in [6, 6.07) is 1.77. The van der Waals surface area contributed by atoms with E-state index in [-0.39, 0.29) is 18.2 Å². The zero-order valence-corrected chi connectivity index (χ0v) is 19.1. The van der Waals surface area contributed by atoms with Gasteiger partial charge in [0, 0.05) is 25.0 Å². The fourth-order valence-electron chi connectivity index (χ4n) is 3.54. The minimum Gasteiger partial charge on any atom is -0.387 e. The number of anilines is 1. The second-order valence-corrected chi connectivity index (χ2v) is 9.04. The van der Waals surface area contributed by atoms with Gasteiger partial charge in [-0.15, -0.1) is 0 Å². The number of fused-ring (bicyclic) bond motifs is 1. The molecule has 0 aliphatic carbocycles. The summed E-state index contributed by atoms with van der Waals surface area (Å²) in [7, 11) is 0. The fourth-order valence-corrected chi connectivity index (χ4v) is 3.68. The molecule has 1 aliphatic heterocycles. The lowest BCUT2D eigenvalue weighted by atomic mass is 10.0. The van der Waals surface area contributed by atoms with E-state index in [1.807, 2.05) is 0 Å². The van der Waals surface area contributed by atoms with Gasteiger partial charge in [0.25, 0.3) is 5.91 Å². The minimum absolute atomic E-state index is 0.0201. The van der Waals surface area contributed by atoms with Gasteiger partial charge in [0.05, 0.1) is 58.7 Å². The maximum atomic E-state index is 14.1. The molecule has 33 heavy (non-hydrogen) atoms. The lowest BCUT2D eigenvalue weighted by molar-refractivity contribution is -0.00177. The van der Waals surface area contributed by atoms with Crippen molar-refractivity contribution in [3.8, 4) is 11.3 Å². The Bertz CT molecular complexity index is 1140. The molecule has 0 radical (unpaired) electrons. The Labute approximate surface area is 195 Å². The number of ether oxygens (including phenoxy) is 1. The summed E-state index contributed by atoms with van der Waals surface area (Å²) in [5, 5.41) is 20.4. The van der Waals surface area contributed by atoms with Crippen LogP contribution in [0.25, 0.3) is 16.9 Å². The number of hydrogen-bond donors (Lipinski definition) is 3. The maximum Gasteiger partial charge on any atom is 0.255 e. The zero-order chi connectivity index (χ0) is 23.6. The molecule has 3 aromatic heterocycles. The summed E-state index contributed by atoms with van der Waals surface area (Å²) in [5.74, 6) is -0.495. The number of aromatic nitrogens is 4. The predicted octanol–water partition coefficient (Wildman–Crippen LogP) is 2.87. The third-order valence-electron chi connectivity index (χ3n) is 5.48.